The molecule has 0 saturated carbocycles. The van der Waals surface area contributed by atoms with Crippen LogP contribution in [0.3, 0.4) is 0 Å². The van der Waals surface area contributed by atoms with Crippen LogP contribution < -0.4 is 14.8 Å². The second-order valence-corrected chi connectivity index (χ2v) is 6.58. The van der Waals surface area contributed by atoms with E-state index in [1.807, 2.05) is 32.9 Å². The zero-order valence-corrected chi connectivity index (χ0v) is 16.7. The van der Waals surface area contributed by atoms with Gasteiger partial charge in [0.1, 0.15) is 11.5 Å². The van der Waals surface area contributed by atoms with Crippen LogP contribution in [0.5, 0.6) is 11.5 Å². The monoisotopic (exact) mass is 370 g/mol. The van der Waals surface area contributed by atoms with Crippen molar-refractivity contribution >= 4 is 17.5 Å². The molecule has 0 unspecified atom stereocenters. The molecule has 0 spiro atoms. The second-order valence-electron chi connectivity index (χ2n) is 6.58. The van der Waals surface area contributed by atoms with Crippen molar-refractivity contribution in [3.63, 3.8) is 0 Å². The van der Waals surface area contributed by atoms with E-state index in [0.29, 0.717) is 17.1 Å². The number of ether oxygens (including phenoxy) is 2. The molecule has 0 aliphatic heterocycles. The molecule has 2 aromatic rings. The Kier molecular flexibility index (Phi) is 6.45. The maximum Gasteiger partial charge on any atom is 0.254 e. The van der Waals surface area contributed by atoms with E-state index >= 15 is 0 Å². The Hall–Kier alpha value is -3.02. The van der Waals surface area contributed by atoms with Gasteiger partial charge in [0, 0.05) is 24.4 Å². The number of hydrogen-bond donors (Lipinski definition) is 1. The molecule has 2 rings (SSSR count). The molecule has 144 valence electrons. The first-order chi connectivity index (χ1) is 12.7. The van der Waals surface area contributed by atoms with E-state index in [1.165, 1.54) is 19.1 Å². The van der Waals surface area contributed by atoms with Gasteiger partial charge in [-0.25, -0.2) is 0 Å². The Labute approximate surface area is 160 Å². The predicted molar refractivity (Wildman–Crippen MR) is 106 cm³/mol. The number of aryl methyl sites for hydroxylation is 3. The molecule has 27 heavy (non-hydrogen) atoms. The summed E-state index contributed by atoms with van der Waals surface area (Å²) in [5, 5.41) is 2.91. The van der Waals surface area contributed by atoms with E-state index in [4.69, 9.17) is 9.47 Å². The van der Waals surface area contributed by atoms with Crippen molar-refractivity contribution in [1.82, 2.24) is 4.90 Å². The molecule has 2 amide bonds. The molecule has 0 radical (unpaired) electrons. The van der Waals surface area contributed by atoms with E-state index in [9.17, 15) is 9.59 Å². The van der Waals surface area contributed by atoms with Crippen LogP contribution in [-0.2, 0) is 4.79 Å². The van der Waals surface area contributed by atoms with Crippen LogP contribution in [-0.4, -0.2) is 44.5 Å². The lowest BCUT2D eigenvalue weighted by Gasteiger charge is -2.19. The van der Waals surface area contributed by atoms with Crippen LogP contribution in [0.1, 0.15) is 27.0 Å². The van der Waals surface area contributed by atoms with Gasteiger partial charge in [-0.05, 0) is 44.0 Å². The summed E-state index contributed by atoms with van der Waals surface area (Å²) in [6.45, 7) is 5.85. The van der Waals surface area contributed by atoms with Gasteiger partial charge in [-0.2, -0.15) is 0 Å². The molecule has 0 atom stereocenters. The largest absolute Gasteiger partial charge is 0.497 e. The van der Waals surface area contributed by atoms with Crippen LogP contribution in [0.25, 0.3) is 0 Å². The molecular weight excluding hydrogens is 344 g/mol. The molecule has 0 heterocycles. The predicted octanol–water partition coefficient (Wildman–Crippen LogP) is 3.34. The van der Waals surface area contributed by atoms with Crippen LogP contribution >= 0.6 is 0 Å². The highest BCUT2D eigenvalue weighted by atomic mass is 16.5. The molecule has 2 aromatic carbocycles. The number of carbonyl (C=O) groups is 2. The molecule has 6 nitrogen and oxygen atoms in total. The first-order valence-corrected chi connectivity index (χ1v) is 8.61. The van der Waals surface area contributed by atoms with Gasteiger partial charge < -0.3 is 19.7 Å². The topological polar surface area (TPSA) is 67.9 Å². The molecule has 0 bridgehead atoms. The maximum atomic E-state index is 12.7. The minimum atomic E-state index is -0.292. The van der Waals surface area contributed by atoms with Crippen molar-refractivity contribution in [1.29, 1.82) is 0 Å². The Morgan fingerprint density at radius 3 is 1.93 bits per heavy atom. The van der Waals surface area contributed by atoms with E-state index in [1.54, 1.807) is 25.2 Å². The van der Waals surface area contributed by atoms with Gasteiger partial charge in [-0.1, -0.05) is 17.7 Å². The normalized spacial score (nSPS) is 10.3. The fourth-order valence-electron chi connectivity index (χ4n) is 2.99. The Morgan fingerprint density at radius 2 is 1.44 bits per heavy atom. The number of methoxy groups -OCH3 is 2. The van der Waals surface area contributed by atoms with E-state index in [0.717, 1.165) is 22.4 Å². The third-order valence-corrected chi connectivity index (χ3v) is 4.27. The van der Waals surface area contributed by atoms with Crippen LogP contribution in [0.2, 0.25) is 0 Å². The van der Waals surface area contributed by atoms with Crippen molar-refractivity contribution in [3.05, 3.63) is 52.6 Å². The molecule has 6 heteroatoms. The van der Waals surface area contributed by atoms with Gasteiger partial charge >= 0.3 is 0 Å². The van der Waals surface area contributed by atoms with Gasteiger partial charge in [0.2, 0.25) is 5.91 Å². The molecule has 0 aliphatic carbocycles. The summed E-state index contributed by atoms with van der Waals surface area (Å²) < 4.78 is 10.4. The number of likely N-dealkylation sites (N-methyl/N-ethyl adjacent to an activating group) is 1. The van der Waals surface area contributed by atoms with E-state index in [-0.39, 0.29) is 18.4 Å². The van der Waals surface area contributed by atoms with Gasteiger partial charge in [0.05, 0.1) is 20.8 Å². The number of carbonyl (C=O) groups excluding carboxylic acids is 2. The molecule has 0 aromatic heterocycles. The SMILES string of the molecule is COc1cc(OC)cc(C(=O)N(C)CC(=O)Nc2c(C)cc(C)cc2C)c1. The lowest BCUT2D eigenvalue weighted by Crippen LogP contribution is -2.35. The molecule has 1 N–H and O–H groups in total. The Morgan fingerprint density at radius 1 is 0.926 bits per heavy atom. The third kappa shape index (κ3) is 5.00. The zero-order valence-electron chi connectivity index (χ0n) is 16.7. The lowest BCUT2D eigenvalue weighted by atomic mass is 10.1. The van der Waals surface area contributed by atoms with Gasteiger partial charge in [-0.15, -0.1) is 0 Å². The van der Waals surface area contributed by atoms with Crippen LogP contribution in [0.15, 0.2) is 30.3 Å². The summed E-state index contributed by atoms with van der Waals surface area (Å²) in [6, 6.07) is 8.95. The van der Waals surface area contributed by atoms with Gasteiger partial charge in [-0.3, -0.25) is 9.59 Å². The van der Waals surface area contributed by atoms with Crippen molar-refractivity contribution in [2.45, 2.75) is 20.8 Å². The van der Waals surface area contributed by atoms with E-state index in [2.05, 4.69) is 5.32 Å². The first-order valence-electron chi connectivity index (χ1n) is 8.61. The number of benzene rings is 2. The number of nitrogens with zero attached hydrogens (tertiary/aromatic N) is 1. The summed E-state index contributed by atoms with van der Waals surface area (Å²) in [5.41, 5.74) is 4.31. The van der Waals surface area contributed by atoms with E-state index < -0.39 is 0 Å². The zero-order chi connectivity index (χ0) is 20.1. The number of amides is 2. The van der Waals surface area contributed by atoms with Crippen molar-refractivity contribution in [2.24, 2.45) is 0 Å². The summed E-state index contributed by atoms with van der Waals surface area (Å²) in [5.74, 6) is 0.485. The van der Waals surface area contributed by atoms with Crippen molar-refractivity contribution in [2.75, 3.05) is 33.1 Å². The smallest absolute Gasteiger partial charge is 0.254 e. The highest BCUT2D eigenvalue weighted by Crippen LogP contribution is 2.24. The fourth-order valence-corrected chi connectivity index (χ4v) is 2.99. The van der Waals surface area contributed by atoms with Crippen LogP contribution in [0, 0.1) is 20.8 Å². The molecular formula is C21H26N2O4. The molecule has 0 saturated heterocycles. The summed E-state index contributed by atoms with van der Waals surface area (Å²) in [7, 11) is 4.63. The minimum Gasteiger partial charge on any atom is -0.497 e. The van der Waals surface area contributed by atoms with Crippen molar-refractivity contribution in [3.8, 4) is 11.5 Å². The summed E-state index contributed by atoms with van der Waals surface area (Å²) in [6.07, 6.45) is 0. The summed E-state index contributed by atoms with van der Waals surface area (Å²) >= 11 is 0. The number of hydrogen-bond acceptors (Lipinski definition) is 4. The fraction of sp³-hybridized carbons (Fsp3) is 0.333. The average Bonchev–Trinajstić information content (AvgIpc) is 2.63. The standard InChI is InChI=1S/C21H26N2O4/c1-13-7-14(2)20(15(3)8-13)22-19(24)12-23(4)21(25)16-9-17(26-5)11-18(10-16)27-6/h7-11H,12H2,1-6H3,(H,22,24). The number of nitrogens with one attached hydrogen (secondary N) is 1. The van der Waals surface area contributed by atoms with Gasteiger partial charge in [0.15, 0.2) is 0 Å². The molecule has 0 fully saturated rings. The highest BCUT2D eigenvalue weighted by Gasteiger charge is 2.18. The summed E-state index contributed by atoms with van der Waals surface area (Å²) in [4.78, 5) is 26.5. The number of anilines is 1. The van der Waals surface area contributed by atoms with Crippen molar-refractivity contribution < 1.29 is 19.1 Å². The number of rotatable bonds is 6. The quantitative estimate of drug-likeness (QED) is 0.847. The maximum absolute atomic E-state index is 12.7. The Balaban J connectivity index is 2.11. The molecule has 0 aliphatic rings. The minimum absolute atomic E-state index is 0.0644. The lowest BCUT2D eigenvalue weighted by molar-refractivity contribution is -0.116. The van der Waals surface area contributed by atoms with Gasteiger partial charge in [0.25, 0.3) is 5.91 Å². The highest BCUT2D eigenvalue weighted by molar-refractivity contribution is 6.00. The Bertz CT molecular complexity index is 816. The second kappa shape index (κ2) is 8.58. The first kappa shape index (κ1) is 20.3. The average molecular weight is 370 g/mol. The van der Waals surface area contributed by atoms with Crippen LogP contribution in [0.4, 0.5) is 5.69 Å². The third-order valence-electron chi connectivity index (χ3n) is 4.27.